The van der Waals surface area contributed by atoms with E-state index >= 15 is 0 Å². The summed E-state index contributed by atoms with van der Waals surface area (Å²) in [4.78, 5) is 14.1. The van der Waals surface area contributed by atoms with Crippen LogP contribution in [0.5, 0.6) is 11.6 Å². The average Bonchev–Trinajstić information content (AvgIpc) is 2.01. The molecule has 0 atom stereocenters. The molecule has 0 aliphatic rings. The molecule has 0 saturated carbocycles. The maximum atomic E-state index is 10.4. The van der Waals surface area contributed by atoms with Crippen LogP contribution in [0.2, 0.25) is 5.15 Å². The fourth-order valence-corrected chi connectivity index (χ4v) is 0.987. The van der Waals surface area contributed by atoms with Crippen molar-refractivity contribution >= 4 is 28.6 Å². The van der Waals surface area contributed by atoms with Crippen LogP contribution in [0.3, 0.4) is 0 Å². The normalized spacial score (nSPS) is 9.46. The van der Waals surface area contributed by atoms with E-state index < -0.39 is 5.43 Å². The van der Waals surface area contributed by atoms with Gasteiger partial charge in [-0.3, -0.25) is 0 Å². The molecule has 13 heavy (non-hydrogen) atoms. The third kappa shape index (κ3) is 3.08. The number of carbonyl (C=O) groups excluding carboxylic acids is 1. The second kappa shape index (κ2) is 4.30. The lowest BCUT2D eigenvalue weighted by Gasteiger charge is -2.02. The molecular weight excluding hydrogens is 217 g/mol. The zero-order valence-electron chi connectivity index (χ0n) is 6.58. The van der Waals surface area contributed by atoms with Gasteiger partial charge in [0.05, 0.1) is 7.11 Å². The first-order chi connectivity index (χ1) is 6.11. The number of carbonyl (C=O) groups is 1. The van der Waals surface area contributed by atoms with Crippen LogP contribution in [-0.4, -0.2) is 17.5 Å². The molecule has 1 aromatic heterocycles. The van der Waals surface area contributed by atoms with E-state index in [2.05, 4.69) is 9.72 Å². The third-order valence-electron chi connectivity index (χ3n) is 1.15. The lowest BCUT2D eigenvalue weighted by molar-refractivity contribution is 0.225. The van der Waals surface area contributed by atoms with E-state index in [1.54, 1.807) is 0 Å². The SMILES string of the molecule is COc1cc(OC(=O)Cl)cc(Cl)n1. The van der Waals surface area contributed by atoms with Crippen molar-refractivity contribution in [3.63, 3.8) is 0 Å². The largest absolute Gasteiger partial charge is 0.481 e. The maximum absolute atomic E-state index is 10.4. The van der Waals surface area contributed by atoms with Crippen molar-refractivity contribution in [3.05, 3.63) is 17.3 Å². The Morgan fingerprint density at radius 1 is 1.54 bits per heavy atom. The van der Waals surface area contributed by atoms with Crippen LogP contribution in [-0.2, 0) is 0 Å². The number of methoxy groups -OCH3 is 1. The molecule has 0 N–H and O–H groups in total. The van der Waals surface area contributed by atoms with Crippen molar-refractivity contribution in [3.8, 4) is 11.6 Å². The minimum Gasteiger partial charge on any atom is -0.481 e. The summed E-state index contributed by atoms with van der Waals surface area (Å²) in [6, 6.07) is 2.75. The smallest absolute Gasteiger partial charge is 0.409 e. The molecule has 0 bridgehead atoms. The van der Waals surface area contributed by atoms with Crippen molar-refractivity contribution in [1.82, 2.24) is 4.98 Å². The quantitative estimate of drug-likeness (QED) is 0.569. The first-order valence-electron chi connectivity index (χ1n) is 3.20. The van der Waals surface area contributed by atoms with Gasteiger partial charge in [0.15, 0.2) is 0 Å². The highest BCUT2D eigenvalue weighted by Crippen LogP contribution is 2.22. The van der Waals surface area contributed by atoms with E-state index in [0.29, 0.717) is 0 Å². The second-order valence-electron chi connectivity index (χ2n) is 2.01. The molecule has 0 fully saturated rings. The molecule has 70 valence electrons. The van der Waals surface area contributed by atoms with Gasteiger partial charge in [0.2, 0.25) is 5.88 Å². The number of hydrogen-bond donors (Lipinski definition) is 0. The maximum Gasteiger partial charge on any atom is 0.409 e. The molecule has 0 aliphatic carbocycles. The Morgan fingerprint density at radius 2 is 2.23 bits per heavy atom. The van der Waals surface area contributed by atoms with E-state index in [1.807, 2.05) is 0 Å². The van der Waals surface area contributed by atoms with Crippen molar-refractivity contribution in [2.45, 2.75) is 0 Å². The molecule has 0 aliphatic heterocycles. The predicted molar refractivity (Wildman–Crippen MR) is 47.7 cm³/mol. The Hall–Kier alpha value is -1.00. The van der Waals surface area contributed by atoms with E-state index in [9.17, 15) is 4.79 Å². The van der Waals surface area contributed by atoms with Gasteiger partial charge in [0.1, 0.15) is 10.9 Å². The van der Waals surface area contributed by atoms with Gasteiger partial charge in [-0.05, 0) is 0 Å². The van der Waals surface area contributed by atoms with Crippen LogP contribution in [0.1, 0.15) is 0 Å². The summed E-state index contributed by atoms with van der Waals surface area (Å²) < 4.78 is 9.35. The van der Waals surface area contributed by atoms with Crippen LogP contribution in [0, 0.1) is 0 Å². The van der Waals surface area contributed by atoms with Crippen LogP contribution in [0.15, 0.2) is 12.1 Å². The summed E-state index contributed by atoms with van der Waals surface area (Å²) in [5.74, 6) is 0.442. The standard InChI is InChI=1S/C7H5Cl2NO3/c1-12-6-3-4(13-7(9)11)2-5(8)10-6/h2-3H,1H3. The predicted octanol–water partition coefficient (Wildman–Crippen LogP) is 2.48. The zero-order chi connectivity index (χ0) is 9.84. The van der Waals surface area contributed by atoms with Gasteiger partial charge in [-0.2, -0.15) is 0 Å². The van der Waals surface area contributed by atoms with Gasteiger partial charge in [0, 0.05) is 23.7 Å². The van der Waals surface area contributed by atoms with Crippen molar-refractivity contribution in [2.24, 2.45) is 0 Å². The monoisotopic (exact) mass is 221 g/mol. The molecule has 4 nitrogen and oxygen atoms in total. The van der Waals surface area contributed by atoms with E-state index in [4.69, 9.17) is 27.9 Å². The first kappa shape index (κ1) is 10.1. The molecule has 0 unspecified atom stereocenters. The number of hydrogen-bond acceptors (Lipinski definition) is 4. The van der Waals surface area contributed by atoms with Gasteiger partial charge in [-0.1, -0.05) is 11.6 Å². The van der Waals surface area contributed by atoms with Crippen LogP contribution in [0.4, 0.5) is 4.79 Å². The summed E-state index contributed by atoms with van der Waals surface area (Å²) in [5, 5.41) is 0.160. The lowest BCUT2D eigenvalue weighted by Crippen LogP contribution is -1.97. The average molecular weight is 222 g/mol. The summed E-state index contributed by atoms with van der Waals surface area (Å²) in [6.45, 7) is 0. The third-order valence-corrected chi connectivity index (χ3v) is 1.42. The summed E-state index contributed by atoms with van der Waals surface area (Å²) in [6.07, 6.45) is 0. The Labute approximate surface area is 84.4 Å². The zero-order valence-corrected chi connectivity index (χ0v) is 8.09. The minimum absolute atomic E-state index is 0.160. The molecule has 1 heterocycles. The number of rotatable bonds is 2. The number of halogens is 2. The fraction of sp³-hybridized carbons (Fsp3) is 0.143. The number of ether oxygens (including phenoxy) is 2. The molecule has 1 rings (SSSR count). The van der Waals surface area contributed by atoms with Gasteiger partial charge >= 0.3 is 5.43 Å². The highest BCUT2D eigenvalue weighted by Gasteiger charge is 2.05. The molecule has 1 aromatic rings. The Bertz CT molecular complexity index is 330. The molecule has 0 amide bonds. The summed E-state index contributed by atoms with van der Waals surface area (Å²) in [7, 11) is 1.42. The van der Waals surface area contributed by atoms with Gasteiger partial charge in [-0.15, -0.1) is 0 Å². The Morgan fingerprint density at radius 3 is 2.77 bits per heavy atom. The molecule has 0 radical (unpaired) electrons. The first-order valence-corrected chi connectivity index (χ1v) is 3.96. The van der Waals surface area contributed by atoms with Crippen molar-refractivity contribution in [1.29, 1.82) is 0 Å². The highest BCUT2D eigenvalue weighted by atomic mass is 35.5. The number of nitrogens with zero attached hydrogens (tertiary/aromatic N) is 1. The second-order valence-corrected chi connectivity index (χ2v) is 2.70. The molecule has 6 heteroatoms. The molecular formula is C7H5Cl2NO3. The van der Waals surface area contributed by atoms with E-state index in [-0.39, 0.29) is 16.8 Å². The van der Waals surface area contributed by atoms with Gasteiger partial charge in [0.25, 0.3) is 0 Å². The topological polar surface area (TPSA) is 48.4 Å². The lowest BCUT2D eigenvalue weighted by atomic mass is 10.4. The number of aromatic nitrogens is 1. The van der Waals surface area contributed by atoms with Crippen molar-refractivity contribution in [2.75, 3.05) is 7.11 Å². The van der Waals surface area contributed by atoms with E-state index in [0.717, 1.165) is 0 Å². The Kier molecular flexibility index (Phi) is 3.33. The van der Waals surface area contributed by atoms with E-state index in [1.165, 1.54) is 19.2 Å². The van der Waals surface area contributed by atoms with Gasteiger partial charge in [-0.25, -0.2) is 9.78 Å². The molecule has 0 spiro atoms. The summed E-state index contributed by atoms with van der Waals surface area (Å²) >= 11 is 10.6. The fourth-order valence-electron chi connectivity index (χ4n) is 0.707. The molecule has 0 saturated heterocycles. The summed E-state index contributed by atoms with van der Waals surface area (Å²) in [5.41, 5.74) is -0.940. The Balaban J connectivity index is 2.94. The minimum atomic E-state index is -0.940. The number of pyridine rings is 1. The van der Waals surface area contributed by atoms with Crippen LogP contribution >= 0.6 is 23.2 Å². The highest BCUT2D eigenvalue weighted by molar-refractivity contribution is 6.61. The van der Waals surface area contributed by atoms with Crippen molar-refractivity contribution < 1.29 is 14.3 Å². The molecule has 0 aromatic carbocycles. The van der Waals surface area contributed by atoms with Gasteiger partial charge < -0.3 is 9.47 Å². The van der Waals surface area contributed by atoms with Crippen LogP contribution < -0.4 is 9.47 Å². The van der Waals surface area contributed by atoms with Crippen LogP contribution in [0.25, 0.3) is 0 Å².